The molecule has 8 heteroatoms. The second kappa shape index (κ2) is 7.41. The largest absolute Gasteiger partial charge is 0.479 e. The highest BCUT2D eigenvalue weighted by Crippen LogP contribution is 2.26. The van der Waals surface area contributed by atoms with E-state index in [-0.39, 0.29) is 23.5 Å². The third kappa shape index (κ3) is 3.70. The molecule has 1 fully saturated rings. The van der Waals surface area contributed by atoms with Crippen LogP contribution in [0.3, 0.4) is 0 Å². The van der Waals surface area contributed by atoms with E-state index in [0.717, 1.165) is 5.56 Å². The topological polar surface area (TPSA) is 89.5 Å². The predicted molar refractivity (Wildman–Crippen MR) is 97.8 cm³/mol. The van der Waals surface area contributed by atoms with E-state index in [0.29, 0.717) is 30.1 Å². The molecule has 1 aliphatic heterocycles. The number of aromatic nitrogens is 2. The van der Waals surface area contributed by atoms with Crippen molar-refractivity contribution in [2.75, 3.05) is 25.2 Å². The number of hydrogen-bond acceptors (Lipinski definition) is 6. The predicted octanol–water partition coefficient (Wildman–Crippen LogP) is 1.80. The fourth-order valence-corrected chi connectivity index (χ4v) is 4.93. The lowest BCUT2D eigenvalue weighted by atomic mass is 10.1. The van der Waals surface area contributed by atoms with E-state index < -0.39 is 9.84 Å². The quantitative estimate of drug-likeness (QED) is 0.792. The number of carbonyl (C=O) groups excluding carboxylic acids is 1. The first-order valence-corrected chi connectivity index (χ1v) is 10.2. The second-order valence-corrected chi connectivity index (χ2v) is 8.37. The summed E-state index contributed by atoms with van der Waals surface area (Å²) in [5.41, 5.74) is 1.91. The zero-order valence-corrected chi connectivity index (χ0v) is 15.6. The van der Waals surface area contributed by atoms with Gasteiger partial charge < -0.3 is 9.64 Å². The molecular weight excluding hydrogens is 354 g/mol. The maximum absolute atomic E-state index is 12.8. The molecule has 0 aliphatic carbocycles. The number of nitrogens with zero attached hydrogens (tertiary/aromatic N) is 3. The molecule has 0 bridgehead atoms. The van der Waals surface area contributed by atoms with Gasteiger partial charge in [-0.05, 0) is 25.5 Å². The lowest BCUT2D eigenvalue weighted by molar-refractivity contribution is 0.0708. The number of carbonyl (C=O) groups is 1. The Labute approximate surface area is 153 Å². The van der Waals surface area contributed by atoms with Gasteiger partial charge in [0.2, 0.25) is 5.88 Å². The van der Waals surface area contributed by atoms with Gasteiger partial charge in [-0.2, -0.15) is 0 Å². The van der Waals surface area contributed by atoms with Crippen LogP contribution in [0.1, 0.15) is 23.7 Å². The van der Waals surface area contributed by atoms with Crippen LogP contribution in [0.15, 0.2) is 36.7 Å². The van der Waals surface area contributed by atoms with E-state index in [9.17, 15) is 13.2 Å². The number of sulfone groups is 1. The van der Waals surface area contributed by atoms with Crippen molar-refractivity contribution in [2.24, 2.45) is 0 Å². The van der Waals surface area contributed by atoms with E-state index in [2.05, 4.69) is 9.97 Å². The van der Waals surface area contributed by atoms with E-state index in [4.69, 9.17) is 4.74 Å². The Morgan fingerprint density at radius 2 is 1.92 bits per heavy atom. The number of benzene rings is 1. The maximum atomic E-state index is 12.8. The number of hydrogen-bond donors (Lipinski definition) is 0. The minimum Gasteiger partial charge on any atom is -0.479 e. The zero-order chi connectivity index (χ0) is 18.7. The van der Waals surface area contributed by atoms with Gasteiger partial charge in [0.1, 0.15) is 5.69 Å². The van der Waals surface area contributed by atoms with Crippen LogP contribution < -0.4 is 4.74 Å². The van der Waals surface area contributed by atoms with E-state index in [1.807, 2.05) is 6.92 Å². The first kappa shape index (κ1) is 18.3. The van der Waals surface area contributed by atoms with Crippen LogP contribution in [0.5, 0.6) is 5.88 Å². The Kier molecular flexibility index (Phi) is 5.22. The van der Waals surface area contributed by atoms with Crippen LogP contribution in [0.25, 0.3) is 11.3 Å². The van der Waals surface area contributed by atoms with Gasteiger partial charge in [0.15, 0.2) is 9.84 Å². The van der Waals surface area contributed by atoms with Crippen LogP contribution >= 0.6 is 0 Å². The summed E-state index contributed by atoms with van der Waals surface area (Å²) in [6.07, 6.45) is 3.63. The van der Waals surface area contributed by atoms with Crippen molar-refractivity contribution in [1.82, 2.24) is 14.9 Å². The maximum Gasteiger partial charge on any atom is 0.254 e. The van der Waals surface area contributed by atoms with Gasteiger partial charge in [-0.3, -0.25) is 4.79 Å². The molecule has 1 aliphatic rings. The summed E-state index contributed by atoms with van der Waals surface area (Å²) in [6, 6.07) is 6.77. The smallest absolute Gasteiger partial charge is 0.254 e. The molecule has 0 saturated carbocycles. The first-order chi connectivity index (χ1) is 12.4. The molecule has 1 aromatic carbocycles. The highest BCUT2D eigenvalue weighted by molar-refractivity contribution is 7.91. The first-order valence-electron chi connectivity index (χ1n) is 8.42. The second-order valence-electron chi connectivity index (χ2n) is 6.14. The van der Waals surface area contributed by atoms with E-state index in [1.54, 1.807) is 41.6 Å². The molecule has 1 unspecified atom stereocenters. The molecule has 1 saturated heterocycles. The molecule has 1 aromatic heterocycles. The standard InChI is InChI=1S/C18H21N3O4S/c1-3-21(15-8-11-26(23,24)12-15)18(22)14-6-4-13(5-7-14)16-17(25-2)20-10-9-19-16/h4-7,9-10,15H,3,8,11-12H2,1-2H3. The summed E-state index contributed by atoms with van der Waals surface area (Å²) in [7, 11) is -1.51. The van der Waals surface area contributed by atoms with Crippen molar-refractivity contribution < 1.29 is 17.9 Å². The van der Waals surface area contributed by atoms with Gasteiger partial charge in [-0.15, -0.1) is 0 Å². The van der Waals surface area contributed by atoms with Crippen LogP contribution in [-0.2, 0) is 9.84 Å². The number of ether oxygens (including phenoxy) is 1. The Morgan fingerprint density at radius 1 is 1.23 bits per heavy atom. The third-order valence-electron chi connectivity index (χ3n) is 4.51. The van der Waals surface area contributed by atoms with Crippen molar-refractivity contribution >= 4 is 15.7 Å². The lowest BCUT2D eigenvalue weighted by Crippen LogP contribution is -2.40. The molecule has 138 valence electrons. The molecule has 0 spiro atoms. The van der Waals surface area contributed by atoms with E-state index >= 15 is 0 Å². The summed E-state index contributed by atoms with van der Waals surface area (Å²) in [5, 5.41) is 0. The summed E-state index contributed by atoms with van der Waals surface area (Å²) in [5.74, 6) is 0.444. The number of amides is 1. The summed E-state index contributed by atoms with van der Waals surface area (Å²) >= 11 is 0. The van der Waals surface area contributed by atoms with E-state index in [1.165, 1.54) is 7.11 Å². The average Bonchev–Trinajstić information content (AvgIpc) is 3.02. The third-order valence-corrected chi connectivity index (χ3v) is 6.26. The van der Waals surface area contributed by atoms with Crippen LogP contribution in [-0.4, -0.2) is 60.4 Å². The minimum absolute atomic E-state index is 0.0431. The lowest BCUT2D eigenvalue weighted by Gasteiger charge is -2.27. The highest BCUT2D eigenvalue weighted by atomic mass is 32.2. The fraction of sp³-hybridized carbons (Fsp3) is 0.389. The Balaban J connectivity index is 1.82. The van der Waals surface area contributed by atoms with Gasteiger partial charge in [-0.25, -0.2) is 18.4 Å². The molecule has 0 N–H and O–H groups in total. The Morgan fingerprint density at radius 3 is 2.50 bits per heavy atom. The molecular formula is C18H21N3O4S. The summed E-state index contributed by atoms with van der Waals surface area (Å²) in [4.78, 5) is 22.9. The van der Waals surface area contributed by atoms with Crippen molar-refractivity contribution in [1.29, 1.82) is 0 Å². The summed E-state index contributed by atoms with van der Waals surface area (Å²) in [6.45, 7) is 2.33. The molecule has 26 heavy (non-hydrogen) atoms. The van der Waals surface area contributed by atoms with Crippen molar-refractivity contribution in [3.05, 3.63) is 42.2 Å². The Hall–Kier alpha value is -2.48. The van der Waals surface area contributed by atoms with Gasteiger partial charge in [-0.1, -0.05) is 12.1 Å². The molecule has 2 heterocycles. The number of methoxy groups -OCH3 is 1. The normalized spacial score (nSPS) is 18.5. The molecule has 0 radical (unpaired) electrons. The van der Waals surface area contributed by atoms with Crippen LogP contribution in [0, 0.1) is 0 Å². The minimum atomic E-state index is -3.04. The fourth-order valence-electron chi connectivity index (χ4n) is 3.20. The van der Waals surface area contributed by atoms with Crippen LogP contribution in [0.4, 0.5) is 0 Å². The monoisotopic (exact) mass is 375 g/mol. The average molecular weight is 375 g/mol. The molecule has 2 aromatic rings. The Bertz CT molecular complexity index is 897. The molecule has 1 amide bonds. The van der Waals surface area contributed by atoms with Gasteiger partial charge in [0, 0.05) is 36.1 Å². The van der Waals surface area contributed by atoms with Crippen molar-refractivity contribution in [2.45, 2.75) is 19.4 Å². The number of rotatable bonds is 5. The zero-order valence-electron chi connectivity index (χ0n) is 14.8. The van der Waals surface area contributed by atoms with Gasteiger partial charge >= 0.3 is 0 Å². The van der Waals surface area contributed by atoms with Crippen molar-refractivity contribution in [3.8, 4) is 17.1 Å². The SMILES string of the molecule is CCN(C(=O)c1ccc(-c2nccnc2OC)cc1)C1CCS(=O)(=O)C1. The molecule has 7 nitrogen and oxygen atoms in total. The molecule has 1 atom stereocenters. The molecule has 3 rings (SSSR count). The van der Waals surface area contributed by atoms with Gasteiger partial charge in [0.25, 0.3) is 5.91 Å². The summed E-state index contributed by atoms with van der Waals surface area (Å²) < 4.78 is 28.7. The van der Waals surface area contributed by atoms with Crippen molar-refractivity contribution in [3.63, 3.8) is 0 Å². The van der Waals surface area contributed by atoms with Crippen LogP contribution in [0.2, 0.25) is 0 Å². The van der Waals surface area contributed by atoms with Gasteiger partial charge in [0.05, 0.1) is 18.6 Å². The highest BCUT2D eigenvalue weighted by Gasteiger charge is 2.34.